The second-order valence-electron chi connectivity index (χ2n) is 5.08. The second kappa shape index (κ2) is 7.22. The van der Waals surface area contributed by atoms with Crippen molar-refractivity contribution in [3.63, 3.8) is 0 Å². The number of benzene rings is 1. The van der Waals surface area contributed by atoms with E-state index >= 15 is 0 Å². The van der Waals surface area contributed by atoms with Crippen LogP contribution in [-0.2, 0) is 4.79 Å². The summed E-state index contributed by atoms with van der Waals surface area (Å²) in [7, 11) is 0. The standard InChI is InChI=1S/C16H22N2O2/c1-14-4-2-3-5-15(14)6-7-16(20)18-10-8-17(9-11-18)12-13-19/h2-7,19H,8-13H2,1H3/b7-6+. The van der Waals surface area contributed by atoms with Crippen LogP contribution in [0.15, 0.2) is 30.3 Å². The van der Waals surface area contributed by atoms with Crippen LogP contribution in [0, 0.1) is 6.92 Å². The van der Waals surface area contributed by atoms with Gasteiger partial charge in [-0.25, -0.2) is 0 Å². The summed E-state index contributed by atoms with van der Waals surface area (Å²) in [5.74, 6) is 0.0666. The number of hydrogen-bond acceptors (Lipinski definition) is 3. The number of aliphatic hydroxyl groups is 1. The molecule has 2 rings (SSSR count). The Labute approximate surface area is 120 Å². The van der Waals surface area contributed by atoms with Crippen LogP contribution in [0.3, 0.4) is 0 Å². The third-order valence-corrected chi connectivity index (χ3v) is 3.69. The van der Waals surface area contributed by atoms with Crippen LogP contribution in [0.1, 0.15) is 11.1 Å². The highest BCUT2D eigenvalue weighted by Gasteiger charge is 2.18. The highest BCUT2D eigenvalue weighted by Crippen LogP contribution is 2.10. The minimum atomic E-state index is 0.0666. The lowest BCUT2D eigenvalue weighted by molar-refractivity contribution is -0.127. The molecule has 0 atom stereocenters. The van der Waals surface area contributed by atoms with Gasteiger partial charge in [-0.3, -0.25) is 9.69 Å². The molecule has 20 heavy (non-hydrogen) atoms. The normalized spacial score (nSPS) is 16.8. The van der Waals surface area contributed by atoms with Gasteiger partial charge < -0.3 is 10.0 Å². The highest BCUT2D eigenvalue weighted by molar-refractivity contribution is 5.92. The topological polar surface area (TPSA) is 43.8 Å². The molecule has 1 saturated heterocycles. The number of aliphatic hydroxyl groups excluding tert-OH is 1. The SMILES string of the molecule is Cc1ccccc1/C=C/C(=O)N1CCN(CCO)CC1. The lowest BCUT2D eigenvalue weighted by Gasteiger charge is -2.33. The molecule has 108 valence electrons. The van der Waals surface area contributed by atoms with Crippen molar-refractivity contribution < 1.29 is 9.90 Å². The minimum Gasteiger partial charge on any atom is -0.395 e. The number of piperazine rings is 1. The van der Waals surface area contributed by atoms with E-state index in [0.29, 0.717) is 6.54 Å². The summed E-state index contributed by atoms with van der Waals surface area (Å²) < 4.78 is 0. The van der Waals surface area contributed by atoms with Gasteiger partial charge in [0.1, 0.15) is 0 Å². The Kier molecular flexibility index (Phi) is 5.32. The van der Waals surface area contributed by atoms with E-state index in [9.17, 15) is 4.79 Å². The van der Waals surface area contributed by atoms with Crippen LogP contribution in [-0.4, -0.2) is 60.1 Å². The predicted molar refractivity (Wildman–Crippen MR) is 80.3 cm³/mol. The summed E-state index contributed by atoms with van der Waals surface area (Å²) in [5.41, 5.74) is 2.25. The monoisotopic (exact) mass is 274 g/mol. The van der Waals surface area contributed by atoms with Gasteiger partial charge in [0.25, 0.3) is 0 Å². The van der Waals surface area contributed by atoms with E-state index in [2.05, 4.69) is 4.90 Å². The molecule has 0 spiro atoms. The molecule has 4 nitrogen and oxygen atoms in total. The van der Waals surface area contributed by atoms with E-state index in [-0.39, 0.29) is 12.5 Å². The molecule has 0 bridgehead atoms. The van der Waals surface area contributed by atoms with Gasteiger partial charge in [0.2, 0.25) is 5.91 Å². The van der Waals surface area contributed by atoms with E-state index in [1.54, 1.807) is 6.08 Å². The number of hydrogen-bond donors (Lipinski definition) is 1. The van der Waals surface area contributed by atoms with Crippen molar-refractivity contribution in [1.82, 2.24) is 9.80 Å². The fourth-order valence-corrected chi connectivity index (χ4v) is 2.37. The average Bonchev–Trinajstić information content (AvgIpc) is 2.47. The Morgan fingerprint density at radius 3 is 2.60 bits per heavy atom. The van der Waals surface area contributed by atoms with Crippen molar-refractivity contribution >= 4 is 12.0 Å². The first-order chi connectivity index (χ1) is 9.70. The van der Waals surface area contributed by atoms with Gasteiger partial charge in [0.15, 0.2) is 0 Å². The number of rotatable bonds is 4. The molecule has 0 saturated carbocycles. The Morgan fingerprint density at radius 2 is 1.95 bits per heavy atom. The molecule has 0 unspecified atom stereocenters. The summed E-state index contributed by atoms with van der Waals surface area (Å²) >= 11 is 0. The Hall–Kier alpha value is -1.65. The van der Waals surface area contributed by atoms with Gasteiger partial charge in [-0.2, -0.15) is 0 Å². The maximum Gasteiger partial charge on any atom is 0.246 e. The molecule has 0 radical (unpaired) electrons. The Bertz CT molecular complexity index is 477. The van der Waals surface area contributed by atoms with E-state index in [1.807, 2.05) is 42.2 Å². The zero-order valence-electron chi connectivity index (χ0n) is 12.0. The van der Waals surface area contributed by atoms with Crippen molar-refractivity contribution in [2.24, 2.45) is 0 Å². The molecular weight excluding hydrogens is 252 g/mol. The van der Waals surface area contributed by atoms with Gasteiger partial charge in [-0.1, -0.05) is 24.3 Å². The van der Waals surface area contributed by atoms with Gasteiger partial charge in [-0.05, 0) is 24.1 Å². The molecule has 1 aromatic carbocycles. The molecular formula is C16H22N2O2. The van der Waals surface area contributed by atoms with Crippen molar-refractivity contribution in [3.05, 3.63) is 41.5 Å². The number of carbonyl (C=O) groups is 1. The van der Waals surface area contributed by atoms with E-state index in [0.717, 1.165) is 31.7 Å². The molecule has 1 heterocycles. The van der Waals surface area contributed by atoms with Crippen LogP contribution in [0.2, 0.25) is 0 Å². The number of amides is 1. The maximum atomic E-state index is 12.1. The zero-order valence-corrected chi connectivity index (χ0v) is 12.0. The molecule has 1 aliphatic heterocycles. The van der Waals surface area contributed by atoms with Gasteiger partial charge in [0, 0.05) is 38.8 Å². The van der Waals surface area contributed by atoms with E-state index < -0.39 is 0 Å². The molecule has 1 fully saturated rings. The highest BCUT2D eigenvalue weighted by atomic mass is 16.3. The summed E-state index contributed by atoms with van der Waals surface area (Å²) in [6.45, 7) is 6.06. The molecule has 1 aliphatic rings. The fraction of sp³-hybridized carbons (Fsp3) is 0.438. The zero-order chi connectivity index (χ0) is 14.4. The first-order valence-corrected chi connectivity index (χ1v) is 7.06. The largest absolute Gasteiger partial charge is 0.395 e. The van der Waals surface area contributed by atoms with Crippen molar-refractivity contribution in [2.45, 2.75) is 6.92 Å². The molecule has 4 heteroatoms. The van der Waals surface area contributed by atoms with Crippen LogP contribution in [0.25, 0.3) is 6.08 Å². The lowest BCUT2D eigenvalue weighted by atomic mass is 10.1. The van der Waals surface area contributed by atoms with Crippen molar-refractivity contribution in [2.75, 3.05) is 39.3 Å². The molecule has 1 N–H and O–H groups in total. The van der Waals surface area contributed by atoms with E-state index in [1.165, 1.54) is 5.56 Å². The number of aryl methyl sites for hydroxylation is 1. The fourth-order valence-electron chi connectivity index (χ4n) is 2.37. The van der Waals surface area contributed by atoms with Gasteiger partial charge in [0.05, 0.1) is 6.61 Å². The van der Waals surface area contributed by atoms with Crippen molar-refractivity contribution in [3.8, 4) is 0 Å². The number of nitrogens with zero attached hydrogens (tertiary/aromatic N) is 2. The maximum absolute atomic E-state index is 12.1. The summed E-state index contributed by atoms with van der Waals surface area (Å²) in [6, 6.07) is 8.02. The Morgan fingerprint density at radius 1 is 1.25 bits per heavy atom. The summed E-state index contributed by atoms with van der Waals surface area (Å²) in [4.78, 5) is 16.2. The third-order valence-electron chi connectivity index (χ3n) is 3.69. The summed E-state index contributed by atoms with van der Waals surface area (Å²) in [5, 5.41) is 8.90. The van der Waals surface area contributed by atoms with Gasteiger partial charge in [-0.15, -0.1) is 0 Å². The van der Waals surface area contributed by atoms with Crippen LogP contribution >= 0.6 is 0 Å². The average molecular weight is 274 g/mol. The molecule has 0 aliphatic carbocycles. The Balaban J connectivity index is 1.88. The second-order valence-corrected chi connectivity index (χ2v) is 5.08. The molecule has 0 aromatic heterocycles. The van der Waals surface area contributed by atoms with E-state index in [4.69, 9.17) is 5.11 Å². The number of β-amino-alcohol motifs (C(OH)–C–C–N with tert-alkyl or cyclic N) is 1. The van der Waals surface area contributed by atoms with Crippen LogP contribution in [0.4, 0.5) is 0 Å². The molecule has 1 amide bonds. The van der Waals surface area contributed by atoms with Crippen LogP contribution in [0.5, 0.6) is 0 Å². The van der Waals surface area contributed by atoms with Crippen molar-refractivity contribution in [1.29, 1.82) is 0 Å². The smallest absolute Gasteiger partial charge is 0.246 e. The predicted octanol–water partition coefficient (Wildman–Crippen LogP) is 1.14. The summed E-state index contributed by atoms with van der Waals surface area (Å²) in [6.07, 6.45) is 3.54. The third kappa shape index (κ3) is 3.92. The first-order valence-electron chi connectivity index (χ1n) is 7.06. The first kappa shape index (κ1) is 14.8. The number of carbonyl (C=O) groups excluding carboxylic acids is 1. The lowest BCUT2D eigenvalue weighted by Crippen LogP contribution is -2.48. The quantitative estimate of drug-likeness (QED) is 0.838. The van der Waals surface area contributed by atoms with Crippen LogP contribution < -0.4 is 0 Å². The van der Waals surface area contributed by atoms with Gasteiger partial charge >= 0.3 is 0 Å². The molecule has 1 aromatic rings. The minimum absolute atomic E-state index is 0.0666.